The van der Waals surface area contributed by atoms with Crippen LogP contribution in [0.15, 0.2) is 23.0 Å². The second kappa shape index (κ2) is 10.2. The summed E-state index contributed by atoms with van der Waals surface area (Å²) in [6.07, 6.45) is 0.744. The van der Waals surface area contributed by atoms with Crippen LogP contribution in [-0.4, -0.2) is 57.3 Å². The van der Waals surface area contributed by atoms with Gasteiger partial charge in [0.25, 0.3) is 5.56 Å². The predicted molar refractivity (Wildman–Crippen MR) is 130 cm³/mol. The van der Waals surface area contributed by atoms with Gasteiger partial charge in [-0.05, 0) is 25.5 Å². The number of nitrogens with zero attached hydrogens (tertiary/aromatic N) is 6. The van der Waals surface area contributed by atoms with Crippen molar-refractivity contribution in [1.82, 2.24) is 24.4 Å². The number of nitriles is 1. The van der Waals surface area contributed by atoms with E-state index in [1.165, 1.54) is 0 Å². The van der Waals surface area contributed by atoms with E-state index in [1.807, 2.05) is 13.0 Å². The molecule has 0 unspecified atom stereocenters. The first kappa shape index (κ1) is 23.7. The van der Waals surface area contributed by atoms with Crippen molar-refractivity contribution in [2.24, 2.45) is 0 Å². The summed E-state index contributed by atoms with van der Waals surface area (Å²) in [4.78, 5) is 28.5. The summed E-state index contributed by atoms with van der Waals surface area (Å²) >= 11 is 6.35. The zero-order valence-corrected chi connectivity index (χ0v) is 19.5. The van der Waals surface area contributed by atoms with E-state index in [4.69, 9.17) is 32.8 Å². The molecule has 1 aliphatic rings. The van der Waals surface area contributed by atoms with Crippen molar-refractivity contribution in [3.63, 3.8) is 0 Å². The predicted octanol–water partition coefficient (Wildman–Crippen LogP) is 1.77. The van der Waals surface area contributed by atoms with E-state index in [9.17, 15) is 10.1 Å². The van der Waals surface area contributed by atoms with Crippen LogP contribution in [0.25, 0.3) is 10.9 Å². The van der Waals surface area contributed by atoms with E-state index in [-0.39, 0.29) is 28.7 Å². The number of hydrogen-bond donors (Lipinski definition) is 3. The van der Waals surface area contributed by atoms with E-state index in [0.29, 0.717) is 41.5 Å². The second-order valence-corrected chi connectivity index (χ2v) is 8.44. The van der Waals surface area contributed by atoms with Crippen molar-refractivity contribution in [1.29, 1.82) is 5.26 Å². The molecule has 3 heterocycles. The Balaban J connectivity index is 1.69. The Morgan fingerprint density at radius 1 is 1.24 bits per heavy atom. The van der Waals surface area contributed by atoms with Gasteiger partial charge in [0.1, 0.15) is 23.3 Å². The molecule has 178 valence electrons. The molecule has 0 saturated carbocycles. The molecule has 0 aliphatic carbocycles. The molecule has 11 nitrogen and oxygen atoms in total. The van der Waals surface area contributed by atoms with E-state index < -0.39 is 6.04 Å². The third-order valence-corrected chi connectivity index (χ3v) is 6.04. The third-order valence-electron chi connectivity index (χ3n) is 5.73. The molecule has 0 radical (unpaired) electrons. The Bertz CT molecular complexity index is 1300. The highest BCUT2D eigenvalue weighted by molar-refractivity contribution is 6.35. The summed E-state index contributed by atoms with van der Waals surface area (Å²) in [5.41, 5.74) is 11.9. The highest BCUT2D eigenvalue weighted by atomic mass is 35.5. The van der Waals surface area contributed by atoms with Crippen LogP contribution in [0, 0.1) is 11.3 Å². The van der Waals surface area contributed by atoms with Gasteiger partial charge < -0.3 is 21.5 Å². The fourth-order valence-corrected chi connectivity index (χ4v) is 4.30. The summed E-state index contributed by atoms with van der Waals surface area (Å²) in [6, 6.07) is 6.67. The molecule has 0 amide bonds. The Hall–Kier alpha value is -3.46. The number of nitrogen functional groups attached to an aromatic ring is 2. The molecule has 1 aliphatic heterocycles. The highest BCUT2D eigenvalue weighted by Gasteiger charge is 2.21. The van der Waals surface area contributed by atoms with Gasteiger partial charge in [-0.2, -0.15) is 15.2 Å². The first-order valence-corrected chi connectivity index (χ1v) is 11.4. The summed E-state index contributed by atoms with van der Waals surface area (Å²) in [5, 5.41) is 13.4. The first-order valence-electron chi connectivity index (χ1n) is 11.0. The third kappa shape index (κ3) is 4.89. The van der Waals surface area contributed by atoms with Gasteiger partial charge in [0, 0.05) is 26.2 Å². The monoisotopic (exact) mass is 483 g/mol. The quantitative estimate of drug-likeness (QED) is 0.451. The number of morpholine rings is 1. The SMILES string of the molecule is C[C@H](Nc1nc(N)nc(N)c1C#N)c1nc2cccc(Cl)c2c(=O)n1CCCN1CCOCC1. The number of nitrogens with two attached hydrogens (primary N) is 2. The van der Waals surface area contributed by atoms with Crippen molar-refractivity contribution < 1.29 is 4.74 Å². The molecule has 2 aromatic heterocycles. The fraction of sp³-hybridized carbons (Fsp3) is 0.409. The maximum Gasteiger partial charge on any atom is 0.262 e. The molecule has 4 rings (SSSR count). The lowest BCUT2D eigenvalue weighted by atomic mass is 10.2. The number of rotatable bonds is 7. The van der Waals surface area contributed by atoms with Crippen molar-refractivity contribution in [3.8, 4) is 6.07 Å². The van der Waals surface area contributed by atoms with Crippen LogP contribution in [0.5, 0.6) is 0 Å². The van der Waals surface area contributed by atoms with Gasteiger partial charge in [-0.3, -0.25) is 14.3 Å². The minimum absolute atomic E-state index is 0.0224. The smallest absolute Gasteiger partial charge is 0.262 e. The van der Waals surface area contributed by atoms with E-state index >= 15 is 0 Å². The minimum atomic E-state index is -0.500. The number of halogens is 1. The lowest BCUT2D eigenvalue weighted by Gasteiger charge is -2.27. The van der Waals surface area contributed by atoms with Crippen LogP contribution in [0.4, 0.5) is 17.6 Å². The van der Waals surface area contributed by atoms with E-state index in [0.717, 1.165) is 26.1 Å². The molecular weight excluding hydrogens is 458 g/mol. The maximum absolute atomic E-state index is 13.5. The van der Waals surface area contributed by atoms with Crippen LogP contribution in [0.1, 0.15) is 30.8 Å². The average Bonchev–Trinajstić information content (AvgIpc) is 2.80. The van der Waals surface area contributed by atoms with E-state index in [2.05, 4.69) is 20.2 Å². The highest BCUT2D eigenvalue weighted by Crippen LogP contribution is 2.25. The first-order chi connectivity index (χ1) is 16.4. The van der Waals surface area contributed by atoms with Gasteiger partial charge in [-0.15, -0.1) is 0 Å². The number of aromatic nitrogens is 4. The van der Waals surface area contributed by atoms with Crippen molar-refractivity contribution in [2.75, 3.05) is 49.6 Å². The fourth-order valence-electron chi connectivity index (χ4n) is 4.04. The molecule has 1 aromatic carbocycles. The van der Waals surface area contributed by atoms with Gasteiger partial charge in [-0.25, -0.2) is 4.98 Å². The standard InChI is InChI=1S/C22H26ClN9O2/c1-13(27-19-14(12-24)18(25)29-22(26)30-19)20-28-16-5-2-4-15(23)17(16)21(33)32(20)7-3-6-31-8-10-34-11-9-31/h2,4-5,13H,3,6-11H2,1H3,(H5,25,26,27,29,30)/t13-/m0/s1. The molecule has 3 aromatic rings. The normalized spacial score (nSPS) is 15.2. The zero-order valence-electron chi connectivity index (χ0n) is 18.8. The molecule has 12 heteroatoms. The second-order valence-electron chi connectivity index (χ2n) is 8.04. The van der Waals surface area contributed by atoms with Crippen molar-refractivity contribution in [3.05, 3.63) is 45.0 Å². The number of fused-ring (bicyclic) bond motifs is 1. The Morgan fingerprint density at radius 3 is 2.74 bits per heavy atom. The molecule has 1 atom stereocenters. The largest absolute Gasteiger partial charge is 0.382 e. The molecule has 1 saturated heterocycles. The van der Waals surface area contributed by atoms with Gasteiger partial charge in [-0.1, -0.05) is 17.7 Å². The molecule has 0 bridgehead atoms. The van der Waals surface area contributed by atoms with Crippen LogP contribution in [0.3, 0.4) is 0 Å². The molecule has 5 N–H and O–H groups in total. The lowest BCUT2D eigenvalue weighted by Crippen LogP contribution is -2.37. The molecule has 0 spiro atoms. The van der Waals surface area contributed by atoms with Crippen LogP contribution in [-0.2, 0) is 11.3 Å². The van der Waals surface area contributed by atoms with Gasteiger partial charge in [0.2, 0.25) is 5.95 Å². The van der Waals surface area contributed by atoms with Crippen LogP contribution in [0.2, 0.25) is 5.02 Å². The summed E-state index contributed by atoms with van der Waals surface area (Å²) in [6.45, 7) is 6.27. The van der Waals surface area contributed by atoms with Crippen LogP contribution < -0.4 is 22.3 Å². The Morgan fingerprint density at radius 2 is 2.00 bits per heavy atom. The summed E-state index contributed by atoms with van der Waals surface area (Å²) in [5.74, 6) is 0.583. The van der Waals surface area contributed by atoms with E-state index in [1.54, 1.807) is 22.8 Å². The number of anilines is 3. The zero-order chi connectivity index (χ0) is 24.2. The number of nitrogens with one attached hydrogen (secondary N) is 1. The van der Waals surface area contributed by atoms with Gasteiger partial charge in [0.05, 0.1) is 35.2 Å². The number of ether oxygens (including phenoxy) is 1. The topological polar surface area (TPSA) is 161 Å². The minimum Gasteiger partial charge on any atom is -0.382 e. The van der Waals surface area contributed by atoms with Gasteiger partial charge in [0.15, 0.2) is 5.82 Å². The van der Waals surface area contributed by atoms with Gasteiger partial charge >= 0.3 is 0 Å². The number of benzene rings is 1. The number of hydrogen-bond acceptors (Lipinski definition) is 10. The summed E-state index contributed by atoms with van der Waals surface area (Å²) in [7, 11) is 0. The molecule has 34 heavy (non-hydrogen) atoms. The van der Waals surface area contributed by atoms with Crippen molar-refractivity contribution >= 4 is 40.1 Å². The van der Waals surface area contributed by atoms with Crippen molar-refractivity contribution in [2.45, 2.75) is 25.9 Å². The average molecular weight is 484 g/mol. The summed E-state index contributed by atoms with van der Waals surface area (Å²) < 4.78 is 7.04. The van der Waals surface area contributed by atoms with Crippen LogP contribution >= 0.6 is 11.6 Å². The molecular formula is C22H26ClN9O2. The lowest BCUT2D eigenvalue weighted by molar-refractivity contribution is 0.0368. The maximum atomic E-state index is 13.5. The Kier molecular flexibility index (Phi) is 7.12. The molecule has 1 fully saturated rings. The Labute approximate surface area is 201 Å².